The van der Waals surface area contributed by atoms with E-state index in [4.69, 9.17) is 11.6 Å². The third-order valence-electron chi connectivity index (χ3n) is 6.02. The number of nitrogens with zero attached hydrogens (tertiary/aromatic N) is 4. The minimum atomic E-state index is -0.0837. The van der Waals surface area contributed by atoms with Gasteiger partial charge in [0.05, 0.1) is 10.7 Å². The second-order valence-electron chi connectivity index (χ2n) is 7.92. The number of amides is 4. The third-order valence-corrected chi connectivity index (χ3v) is 6.34. The number of carbonyl (C=O) groups is 3. The van der Waals surface area contributed by atoms with Crippen LogP contribution in [0, 0.1) is 0 Å². The van der Waals surface area contributed by atoms with Gasteiger partial charge in [-0.15, -0.1) is 0 Å². The van der Waals surface area contributed by atoms with Gasteiger partial charge in [0.1, 0.15) is 0 Å². The third kappa shape index (κ3) is 4.20. The summed E-state index contributed by atoms with van der Waals surface area (Å²) in [5.74, 6) is -0.0408. The Morgan fingerprint density at radius 1 is 0.793 bits per heavy atom. The molecule has 29 heavy (non-hydrogen) atoms. The number of halogens is 1. The number of likely N-dealkylation sites (tertiary alicyclic amines) is 1. The highest BCUT2D eigenvalue weighted by atomic mass is 35.5. The van der Waals surface area contributed by atoms with Crippen LogP contribution >= 0.6 is 11.6 Å². The van der Waals surface area contributed by atoms with Crippen LogP contribution in [0.3, 0.4) is 0 Å². The number of hydrogen-bond acceptors (Lipinski definition) is 3. The summed E-state index contributed by atoms with van der Waals surface area (Å²) in [6.07, 6.45) is 4.66. The fourth-order valence-corrected chi connectivity index (χ4v) is 4.54. The minimum absolute atomic E-state index is 0.0429. The van der Waals surface area contributed by atoms with Crippen LogP contribution in [0.2, 0.25) is 5.02 Å². The van der Waals surface area contributed by atoms with Crippen molar-refractivity contribution in [1.82, 2.24) is 14.7 Å². The molecule has 0 spiro atoms. The highest BCUT2D eigenvalue weighted by Gasteiger charge is 2.29. The van der Waals surface area contributed by atoms with Gasteiger partial charge in [-0.05, 0) is 43.9 Å². The van der Waals surface area contributed by atoms with Gasteiger partial charge in [0.25, 0.3) is 5.91 Å². The van der Waals surface area contributed by atoms with Gasteiger partial charge in [-0.2, -0.15) is 0 Å². The highest BCUT2D eigenvalue weighted by molar-refractivity contribution is 6.34. The molecule has 4 amide bonds. The molecule has 8 heteroatoms. The zero-order valence-electron chi connectivity index (χ0n) is 16.6. The first kappa shape index (κ1) is 20.0. The van der Waals surface area contributed by atoms with Gasteiger partial charge < -0.3 is 19.6 Å². The van der Waals surface area contributed by atoms with Crippen LogP contribution in [0.25, 0.3) is 0 Å². The summed E-state index contributed by atoms with van der Waals surface area (Å²) in [6, 6.07) is 5.21. The number of anilines is 1. The lowest BCUT2D eigenvalue weighted by Gasteiger charge is -2.38. The van der Waals surface area contributed by atoms with Crippen LogP contribution < -0.4 is 4.90 Å². The van der Waals surface area contributed by atoms with E-state index in [1.165, 1.54) is 6.42 Å². The van der Waals surface area contributed by atoms with Crippen molar-refractivity contribution >= 4 is 35.1 Å². The summed E-state index contributed by atoms with van der Waals surface area (Å²) in [6.45, 7) is 4.42. The SMILES string of the molecule is O=C(c1ccc(Cl)c(N2CCCC2=O)c1)N1CCN(C(=O)N2CCCCC2)CC1. The number of carbonyl (C=O) groups excluding carboxylic acids is 3. The van der Waals surface area contributed by atoms with Crippen molar-refractivity contribution in [1.29, 1.82) is 0 Å². The fourth-order valence-electron chi connectivity index (χ4n) is 4.32. The molecule has 0 N–H and O–H groups in total. The van der Waals surface area contributed by atoms with Crippen LogP contribution in [-0.2, 0) is 4.79 Å². The van der Waals surface area contributed by atoms with Crippen molar-refractivity contribution < 1.29 is 14.4 Å². The Morgan fingerprint density at radius 3 is 2.10 bits per heavy atom. The number of piperazine rings is 1. The van der Waals surface area contributed by atoms with Crippen LogP contribution in [0.15, 0.2) is 18.2 Å². The zero-order chi connectivity index (χ0) is 20.4. The number of piperidine rings is 1. The van der Waals surface area contributed by atoms with E-state index in [2.05, 4.69) is 0 Å². The Balaban J connectivity index is 1.39. The largest absolute Gasteiger partial charge is 0.335 e. The molecule has 0 bridgehead atoms. The molecular formula is C21H27ClN4O3. The number of urea groups is 1. The highest BCUT2D eigenvalue weighted by Crippen LogP contribution is 2.31. The van der Waals surface area contributed by atoms with Gasteiger partial charge in [-0.25, -0.2) is 4.79 Å². The van der Waals surface area contributed by atoms with Gasteiger partial charge >= 0.3 is 6.03 Å². The molecular weight excluding hydrogens is 392 g/mol. The molecule has 0 atom stereocenters. The summed E-state index contributed by atoms with van der Waals surface area (Å²) in [5.41, 5.74) is 1.14. The van der Waals surface area contributed by atoms with E-state index in [9.17, 15) is 14.4 Å². The van der Waals surface area contributed by atoms with E-state index in [1.54, 1.807) is 28.0 Å². The van der Waals surface area contributed by atoms with Crippen molar-refractivity contribution in [2.75, 3.05) is 50.7 Å². The van der Waals surface area contributed by atoms with Crippen molar-refractivity contribution in [2.45, 2.75) is 32.1 Å². The van der Waals surface area contributed by atoms with Crippen molar-refractivity contribution in [3.05, 3.63) is 28.8 Å². The molecule has 0 saturated carbocycles. The Bertz CT molecular complexity index is 801. The quantitative estimate of drug-likeness (QED) is 0.741. The summed E-state index contributed by atoms with van der Waals surface area (Å²) in [7, 11) is 0. The fraction of sp³-hybridized carbons (Fsp3) is 0.571. The van der Waals surface area contributed by atoms with E-state index >= 15 is 0 Å². The molecule has 0 unspecified atom stereocenters. The number of hydrogen-bond donors (Lipinski definition) is 0. The maximum Gasteiger partial charge on any atom is 0.320 e. The van der Waals surface area contributed by atoms with Crippen LogP contribution in [0.4, 0.5) is 10.5 Å². The van der Waals surface area contributed by atoms with Crippen LogP contribution in [-0.4, -0.2) is 78.4 Å². The first-order valence-electron chi connectivity index (χ1n) is 10.5. The minimum Gasteiger partial charge on any atom is -0.335 e. The Kier molecular flexibility index (Phi) is 5.94. The summed E-state index contributed by atoms with van der Waals surface area (Å²) in [5, 5.41) is 0.480. The lowest BCUT2D eigenvalue weighted by Crippen LogP contribution is -2.54. The second kappa shape index (κ2) is 8.61. The lowest BCUT2D eigenvalue weighted by atomic mass is 10.1. The molecule has 1 aromatic rings. The van der Waals surface area contributed by atoms with Crippen LogP contribution in [0.1, 0.15) is 42.5 Å². The maximum atomic E-state index is 13.0. The summed E-state index contributed by atoms with van der Waals surface area (Å²) in [4.78, 5) is 45.0. The van der Waals surface area contributed by atoms with Gasteiger partial charge in [0.15, 0.2) is 0 Å². The lowest BCUT2D eigenvalue weighted by molar-refractivity contribution is -0.117. The molecule has 3 aliphatic rings. The van der Waals surface area contributed by atoms with Crippen molar-refractivity contribution in [2.24, 2.45) is 0 Å². The standard InChI is InChI=1S/C21H27ClN4O3/c22-17-7-6-16(15-18(17)26-10-4-5-19(26)27)20(28)23-11-13-25(14-12-23)21(29)24-8-2-1-3-9-24/h6-7,15H,1-5,8-14H2. The van der Waals surface area contributed by atoms with Crippen LogP contribution in [0.5, 0.6) is 0 Å². The first-order valence-corrected chi connectivity index (χ1v) is 10.9. The monoisotopic (exact) mass is 418 g/mol. The Morgan fingerprint density at radius 2 is 1.45 bits per heavy atom. The molecule has 4 rings (SSSR count). The molecule has 7 nitrogen and oxygen atoms in total. The smallest absolute Gasteiger partial charge is 0.320 e. The topological polar surface area (TPSA) is 64.2 Å². The first-order chi connectivity index (χ1) is 14.0. The van der Waals surface area contributed by atoms with E-state index in [0.29, 0.717) is 55.4 Å². The average Bonchev–Trinajstić information content (AvgIpc) is 3.19. The van der Waals surface area contributed by atoms with Gasteiger partial charge in [-0.1, -0.05) is 11.6 Å². The molecule has 3 saturated heterocycles. The zero-order valence-corrected chi connectivity index (χ0v) is 17.4. The number of benzene rings is 1. The maximum absolute atomic E-state index is 13.0. The molecule has 1 aromatic carbocycles. The van der Waals surface area contributed by atoms with E-state index in [0.717, 1.165) is 32.4 Å². The van der Waals surface area contributed by atoms with E-state index in [-0.39, 0.29) is 17.8 Å². The molecule has 0 aliphatic carbocycles. The van der Waals surface area contributed by atoms with Gasteiger partial charge in [0.2, 0.25) is 5.91 Å². The van der Waals surface area contributed by atoms with E-state index < -0.39 is 0 Å². The molecule has 3 heterocycles. The Hall–Kier alpha value is -2.28. The molecule has 156 valence electrons. The Labute approximate surface area is 176 Å². The van der Waals surface area contributed by atoms with E-state index in [1.807, 2.05) is 9.80 Å². The van der Waals surface area contributed by atoms with Gasteiger partial charge in [-0.3, -0.25) is 9.59 Å². The predicted molar refractivity (Wildman–Crippen MR) is 111 cm³/mol. The van der Waals surface area contributed by atoms with Crippen molar-refractivity contribution in [3.63, 3.8) is 0 Å². The molecule has 3 aliphatic heterocycles. The number of rotatable bonds is 2. The molecule has 3 fully saturated rings. The summed E-state index contributed by atoms with van der Waals surface area (Å²) < 4.78 is 0. The van der Waals surface area contributed by atoms with Gasteiger partial charge in [0, 0.05) is 57.8 Å². The summed E-state index contributed by atoms with van der Waals surface area (Å²) >= 11 is 6.29. The molecule has 0 aromatic heterocycles. The molecule has 0 radical (unpaired) electrons. The normalized spacial score (nSPS) is 20.4. The van der Waals surface area contributed by atoms with Crippen molar-refractivity contribution in [3.8, 4) is 0 Å². The average molecular weight is 419 g/mol. The predicted octanol–water partition coefficient (Wildman–Crippen LogP) is 2.83. The second-order valence-corrected chi connectivity index (χ2v) is 8.33.